The van der Waals surface area contributed by atoms with Gasteiger partial charge in [0, 0.05) is 25.6 Å². The Morgan fingerprint density at radius 3 is 2.87 bits per heavy atom. The monoisotopic (exact) mass is 311 g/mol. The lowest BCUT2D eigenvalue weighted by molar-refractivity contribution is 0.244. The van der Waals surface area contributed by atoms with Gasteiger partial charge in [0.2, 0.25) is 5.95 Å². The van der Waals surface area contributed by atoms with Gasteiger partial charge in [0.05, 0.1) is 24.4 Å². The highest BCUT2D eigenvalue weighted by atomic mass is 16.3. The molecule has 0 spiro atoms. The Bertz CT molecular complexity index is 815. The Morgan fingerprint density at radius 1 is 1.35 bits per heavy atom. The summed E-state index contributed by atoms with van der Waals surface area (Å²) in [7, 11) is 0. The molecule has 1 aliphatic carbocycles. The summed E-state index contributed by atoms with van der Waals surface area (Å²) >= 11 is 0. The van der Waals surface area contributed by atoms with Crippen molar-refractivity contribution in [2.75, 3.05) is 30.3 Å². The smallest absolute Gasteiger partial charge is 0.224 e. The van der Waals surface area contributed by atoms with Crippen LogP contribution < -0.4 is 10.6 Å². The molecular weight excluding hydrogens is 294 g/mol. The summed E-state index contributed by atoms with van der Waals surface area (Å²) in [6, 6.07) is 2.36. The molecule has 2 aromatic heterocycles. The summed E-state index contributed by atoms with van der Waals surface area (Å²) in [5, 5.41) is 18.2. The molecule has 3 N–H and O–H groups in total. The van der Waals surface area contributed by atoms with Crippen molar-refractivity contribution in [1.82, 2.24) is 19.5 Å². The summed E-state index contributed by atoms with van der Waals surface area (Å²) < 4.78 is 1.98. The quantitative estimate of drug-likeness (QED) is 0.792. The summed E-state index contributed by atoms with van der Waals surface area (Å²) in [6.07, 6.45) is 6.66. The number of allylic oxidation sites excluding steroid dienone is 1. The Kier molecular flexibility index (Phi) is 3.16. The average Bonchev–Trinajstić information content (AvgIpc) is 3.11. The second-order valence-corrected chi connectivity index (χ2v) is 6.09. The first-order valence-electron chi connectivity index (χ1n) is 7.63. The highest BCUT2D eigenvalue weighted by Crippen LogP contribution is 2.33. The highest BCUT2D eigenvalue weighted by Gasteiger charge is 2.31. The minimum absolute atomic E-state index is 0.0337. The molecule has 1 saturated heterocycles. The van der Waals surface area contributed by atoms with Gasteiger partial charge in [-0.15, -0.1) is 0 Å². The van der Waals surface area contributed by atoms with Crippen LogP contribution in [0.15, 0.2) is 18.5 Å². The first-order valence-corrected chi connectivity index (χ1v) is 7.63. The number of aliphatic hydroxyl groups excluding tert-OH is 1. The maximum absolute atomic E-state index is 9.29. The third kappa shape index (κ3) is 2.21. The maximum Gasteiger partial charge on any atom is 0.224 e. The average molecular weight is 311 g/mol. The van der Waals surface area contributed by atoms with E-state index in [2.05, 4.69) is 27.1 Å². The first-order chi connectivity index (χ1) is 11.2. The van der Waals surface area contributed by atoms with Crippen LogP contribution in [0.5, 0.6) is 0 Å². The van der Waals surface area contributed by atoms with Crippen molar-refractivity contribution < 1.29 is 5.11 Å². The largest absolute Gasteiger partial charge is 0.396 e. The van der Waals surface area contributed by atoms with Gasteiger partial charge in [0.1, 0.15) is 0 Å². The van der Waals surface area contributed by atoms with Crippen LogP contribution in [-0.2, 0) is 0 Å². The lowest BCUT2D eigenvalue weighted by Gasteiger charge is -2.36. The second kappa shape index (κ2) is 5.21. The third-order valence-electron chi connectivity index (χ3n) is 4.53. The number of nitrogens with two attached hydrogens (primary N) is 1. The Morgan fingerprint density at radius 2 is 2.17 bits per heavy atom. The molecule has 3 heterocycles. The van der Waals surface area contributed by atoms with Gasteiger partial charge in [-0.25, -0.2) is 4.98 Å². The van der Waals surface area contributed by atoms with E-state index in [0.29, 0.717) is 30.1 Å². The van der Waals surface area contributed by atoms with E-state index in [-0.39, 0.29) is 30.4 Å². The second-order valence-electron chi connectivity index (χ2n) is 6.09. The number of nitriles is 1. The van der Waals surface area contributed by atoms with E-state index in [1.54, 1.807) is 6.33 Å². The summed E-state index contributed by atoms with van der Waals surface area (Å²) in [5.41, 5.74) is 7.28. The molecule has 118 valence electrons. The lowest BCUT2D eigenvalue weighted by atomic mass is 10.0. The highest BCUT2D eigenvalue weighted by molar-refractivity contribution is 5.85. The van der Waals surface area contributed by atoms with Crippen LogP contribution in [0.25, 0.3) is 11.2 Å². The first kappa shape index (κ1) is 14.0. The molecule has 23 heavy (non-hydrogen) atoms. The van der Waals surface area contributed by atoms with Crippen LogP contribution in [0.4, 0.5) is 11.8 Å². The van der Waals surface area contributed by atoms with Crippen LogP contribution in [-0.4, -0.2) is 44.3 Å². The van der Waals surface area contributed by atoms with Crippen LogP contribution in [0.2, 0.25) is 0 Å². The van der Waals surface area contributed by atoms with Crippen LogP contribution >= 0.6 is 0 Å². The van der Waals surface area contributed by atoms with Crippen molar-refractivity contribution in [2.45, 2.75) is 12.5 Å². The summed E-state index contributed by atoms with van der Waals surface area (Å²) in [5.74, 6) is 1.10. The SMILES string of the molecule is N#CC1CN(c2nc(N)nc3c2ncn3[C@H]2C=C[C@@H](CO)C2)C1. The Labute approximate surface area is 132 Å². The molecule has 8 nitrogen and oxygen atoms in total. The molecule has 0 unspecified atom stereocenters. The molecular formula is C15H17N7O. The fraction of sp³-hybridized carbons (Fsp3) is 0.467. The van der Waals surface area contributed by atoms with E-state index < -0.39 is 0 Å². The minimum atomic E-state index is 0.0337. The maximum atomic E-state index is 9.29. The van der Waals surface area contributed by atoms with Gasteiger partial charge in [0.15, 0.2) is 17.0 Å². The molecule has 0 bridgehead atoms. The van der Waals surface area contributed by atoms with Crippen LogP contribution in [0.3, 0.4) is 0 Å². The minimum Gasteiger partial charge on any atom is -0.396 e. The summed E-state index contributed by atoms with van der Waals surface area (Å²) in [6.45, 7) is 1.43. The number of nitrogens with zero attached hydrogens (tertiary/aromatic N) is 6. The molecule has 4 rings (SSSR count). The number of aromatic nitrogens is 4. The van der Waals surface area contributed by atoms with Gasteiger partial charge in [-0.2, -0.15) is 15.2 Å². The molecule has 2 aliphatic rings. The molecule has 0 saturated carbocycles. The molecule has 0 amide bonds. The normalized spacial score (nSPS) is 24.1. The van der Waals surface area contributed by atoms with Gasteiger partial charge in [-0.3, -0.25) is 0 Å². The standard InChI is InChI=1S/C15H17N7O/c16-4-10-5-21(6-10)13-12-14(20-15(17)19-13)22(8-18-12)11-2-1-9(3-11)7-23/h1-2,8-11,23H,3,5-7H2,(H2,17,19,20)/t9-,11+/m1/s1. The number of imidazole rings is 1. The Balaban J connectivity index is 1.71. The van der Waals surface area contributed by atoms with Gasteiger partial charge >= 0.3 is 0 Å². The van der Waals surface area contributed by atoms with Gasteiger partial charge in [-0.1, -0.05) is 12.2 Å². The molecule has 2 atom stereocenters. The van der Waals surface area contributed by atoms with Crippen molar-refractivity contribution in [2.24, 2.45) is 11.8 Å². The van der Waals surface area contributed by atoms with Crippen molar-refractivity contribution in [1.29, 1.82) is 5.26 Å². The molecule has 1 aliphatic heterocycles. The van der Waals surface area contributed by atoms with Gasteiger partial charge in [-0.05, 0) is 6.42 Å². The zero-order valence-electron chi connectivity index (χ0n) is 12.5. The van der Waals surface area contributed by atoms with E-state index >= 15 is 0 Å². The number of nitrogen functional groups attached to an aromatic ring is 1. The molecule has 0 aromatic carbocycles. The van der Waals surface area contributed by atoms with Crippen LogP contribution in [0, 0.1) is 23.2 Å². The lowest BCUT2D eigenvalue weighted by Crippen LogP contribution is -2.46. The number of hydrogen-bond acceptors (Lipinski definition) is 7. The van der Waals surface area contributed by atoms with E-state index in [9.17, 15) is 5.11 Å². The van der Waals surface area contributed by atoms with E-state index in [4.69, 9.17) is 11.0 Å². The molecule has 2 aromatic rings. The number of rotatable bonds is 3. The fourth-order valence-electron chi connectivity index (χ4n) is 3.21. The fourth-order valence-corrected chi connectivity index (χ4v) is 3.21. The van der Waals surface area contributed by atoms with Crippen LogP contribution in [0.1, 0.15) is 12.5 Å². The predicted octanol–water partition coefficient (Wildman–Crippen LogP) is 0.478. The van der Waals surface area contributed by atoms with Gasteiger partial charge in [0.25, 0.3) is 0 Å². The van der Waals surface area contributed by atoms with Crippen molar-refractivity contribution >= 4 is 22.9 Å². The number of aliphatic hydroxyl groups is 1. The zero-order chi connectivity index (χ0) is 16.0. The van der Waals surface area contributed by atoms with Crippen molar-refractivity contribution in [3.8, 4) is 6.07 Å². The van der Waals surface area contributed by atoms with Gasteiger partial charge < -0.3 is 20.3 Å². The summed E-state index contributed by atoms with van der Waals surface area (Å²) in [4.78, 5) is 15.1. The predicted molar refractivity (Wildman–Crippen MR) is 84.4 cm³/mol. The van der Waals surface area contributed by atoms with E-state index in [0.717, 1.165) is 6.42 Å². The van der Waals surface area contributed by atoms with E-state index in [1.165, 1.54) is 0 Å². The number of fused-ring (bicyclic) bond motifs is 1. The number of anilines is 2. The molecule has 0 radical (unpaired) electrons. The van der Waals surface area contributed by atoms with Crippen molar-refractivity contribution in [3.05, 3.63) is 18.5 Å². The topological polar surface area (TPSA) is 117 Å². The zero-order valence-corrected chi connectivity index (χ0v) is 12.5. The number of hydrogen-bond donors (Lipinski definition) is 2. The molecule has 8 heteroatoms. The Hall–Kier alpha value is -2.66. The molecule has 1 fully saturated rings. The third-order valence-corrected chi connectivity index (χ3v) is 4.53. The van der Waals surface area contributed by atoms with E-state index in [1.807, 2.05) is 15.5 Å². The van der Waals surface area contributed by atoms with Crippen molar-refractivity contribution in [3.63, 3.8) is 0 Å².